The monoisotopic (exact) mass is 282 g/mol. The molecule has 0 aliphatic heterocycles. The van der Waals surface area contributed by atoms with Crippen LogP contribution >= 0.6 is 0 Å². The first-order valence-corrected chi connectivity index (χ1v) is 7.00. The quantitative estimate of drug-likeness (QED) is 0.604. The van der Waals surface area contributed by atoms with E-state index in [0.29, 0.717) is 5.56 Å². The van der Waals surface area contributed by atoms with Gasteiger partial charge in [-0.15, -0.1) is 0 Å². The lowest BCUT2D eigenvalue weighted by Gasteiger charge is -2.15. The fourth-order valence-electron chi connectivity index (χ4n) is 2.22. The van der Waals surface area contributed by atoms with Gasteiger partial charge in [-0.1, -0.05) is 60.7 Å². The molecule has 0 fully saturated rings. The van der Waals surface area contributed by atoms with E-state index in [0.717, 1.165) is 5.56 Å². The molecule has 3 heteroatoms. The molecule has 3 nitrogen and oxygen atoms in total. The summed E-state index contributed by atoms with van der Waals surface area (Å²) >= 11 is 0. The van der Waals surface area contributed by atoms with Crippen molar-refractivity contribution in [1.29, 1.82) is 0 Å². The molecular formula is C18H18O3. The molecule has 0 spiro atoms. The van der Waals surface area contributed by atoms with Crippen LogP contribution in [0.4, 0.5) is 0 Å². The molecule has 2 aromatic carbocycles. The third kappa shape index (κ3) is 4.02. The maximum absolute atomic E-state index is 12.5. The van der Waals surface area contributed by atoms with Crippen molar-refractivity contribution in [3.05, 3.63) is 71.8 Å². The fourth-order valence-corrected chi connectivity index (χ4v) is 2.22. The highest BCUT2D eigenvalue weighted by Crippen LogP contribution is 2.20. The number of benzene rings is 2. The largest absolute Gasteiger partial charge is 0.465 e. The molecule has 0 saturated carbocycles. The molecule has 0 radical (unpaired) electrons. The van der Waals surface area contributed by atoms with E-state index in [-0.39, 0.29) is 18.8 Å². The minimum absolute atomic E-state index is 0.147. The number of carbonyl (C=O) groups is 2. The number of ether oxygens (including phenoxy) is 1. The van der Waals surface area contributed by atoms with E-state index < -0.39 is 11.9 Å². The maximum Gasteiger partial charge on any atom is 0.321 e. The van der Waals surface area contributed by atoms with E-state index in [2.05, 4.69) is 0 Å². The van der Waals surface area contributed by atoms with E-state index >= 15 is 0 Å². The van der Waals surface area contributed by atoms with Crippen molar-refractivity contribution in [2.75, 3.05) is 6.61 Å². The Morgan fingerprint density at radius 1 is 0.952 bits per heavy atom. The molecule has 0 amide bonds. The van der Waals surface area contributed by atoms with Crippen LogP contribution in [0.1, 0.15) is 24.0 Å². The molecule has 0 unspecified atom stereocenters. The Bertz CT molecular complexity index is 590. The third-order valence-electron chi connectivity index (χ3n) is 3.20. The van der Waals surface area contributed by atoms with Crippen LogP contribution in [0.3, 0.4) is 0 Å². The van der Waals surface area contributed by atoms with Crippen molar-refractivity contribution in [3.8, 4) is 0 Å². The molecule has 1 atom stereocenters. The van der Waals surface area contributed by atoms with Gasteiger partial charge in [-0.2, -0.15) is 0 Å². The van der Waals surface area contributed by atoms with Gasteiger partial charge in [0.25, 0.3) is 0 Å². The number of Topliss-reactive ketones (excluding diaryl/α,β-unsaturated/α-hetero) is 1. The summed E-state index contributed by atoms with van der Waals surface area (Å²) in [6, 6.07) is 18.5. The van der Waals surface area contributed by atoms with Gasteiger partial charge in [-0.05, 0) is 18.1 Å². The molecule has 2 rings (SSSR count). The summed E-state index contributed by atoms with van der Waals surface area (Å²) in [7, 11) is 0. The van der Waals surface area contributed by atoms with Crippen LogP contribution in [0.5, 0.6) is 0 Å². The van der Waals surface area contributed by atoms with Gasteiger partial charge in [0, 0.05) is 6.42 Å². The summed E-state index contributed by atoms with van der Waals surface area (Å²) in [5.41, 5.74) is 1.57. The highest BCUT2D eigenvalue weighted by atomic mass is 16.5. The predicted octanol–water partition coefficient (Wildman–Crippen LogP) is 3.15. The van der Waals surface area contributed by atoms with Crippen LogP contribution in [0.2, 0.25) is 0 Å². The summed E-state index contributed by atoms with van der Waals surface area (Å²) in [5.74, 6) is -1.48. The van der Waals surface area contributed by atoms with Gasteiger partial charge in [0.2, 0.25) is 0 Å². The van der Waals surface area contributed by atoms with Crippen LogP contribution < -0.4 is 0 Å². The van der Waals surface area contributed by atoms with Crippen LogP contribution in [0.15, 0.2) is 60.7 Å². The first-order valence-electron chi connectivity index (χ1n) is 7.00. The first-order chi connectivity index (χ1) is 10.2. The Hall–Kier alpha value is -2.42. The molecule has 0 saturated heterocycles. The Balaban J connectivity index is 2.23. The first kappa shape index (κ1) is 15.0. The van der Waals surface area contributed by atoms with Crippen LogP contribution in [0.25, 0.3) is 0 Å². The maximum atomic E-state index is 12.5. The van der Waals surface area contributed by atoms with Gasteiger partial charge < -0.3 is 4.74 Å². The van der Waals surface area contributed by atoms with Gasteiger partial charge in [0.15, 0.2) is 5.78 Å². The van der Waals surface area contributed by atoms with E-state index in [1.54, 1.807) is 19.1 Å². The summed E-state index contributed by atoms with van der Waals surface area (Å²) in [6.07, 6.45) is 0.221. The Morgan fingerprint density at radius 2 is 1.52 bits per heavy atom. The summed E-state index contributed by atoms with van der Waals surface area (Å²) in [4.78, 5) is 24.7. The average Bonchev–Trinajstić information content (AvgIpc) is 2.50. The van der Waals surface area contributed by atoms with Crippen molar-refractivity contribution in [1.82, 2.24) is 0 Å². The van der Waals surface area contributed by atoms with E-state index in [1.807, 2.05) is 48.5 Å². The highest BCUT2D eigenvalue weighted by molar-refractivity contribution is 6.05. The molecule has 21 heavy (non-hydrogen) atoms. The average molecular weight is 282 g/mol. The standard InChI is InChI=1S/C18H18O3/c1-2-21-18(20)17(15-11-7-4-8-12-15)16(19)13-14-9-5-3-6-10-14/h3-12,17H,2,13H2,1H3/t17-/m0/s1. The van der Waals surface area contributed by atoms with Crippen molar-refractivity contribution in [3.63, 3.8) is 0 Å². The molecule has 0 heterocycles. The van der Waals surface area contributed by atoms with E-state index in [9.17, 15) is 9.59 Å². The second kappa shape index (κ2) is 7.39. The number of ketones is 1. The second-order valence-corrected chi connectivity index (χ2v) is 4.72. The molecule has 0 N–H and O–H groups in total. The number of rotatable bonds is 6. The molecule has 2 aromatic rings. The Labute approximate surface area is 124 Å². The number of hydrogen-bond acceptors (Lipinski definition) is 3. The normalized spacial score (nSPS) is 11.7. The van der Waals surface area contributed by atoms with Crippen molar-refractivity contribution < 1.29 is 14.3 Å². The highest BCUT2D eigenvalue weighted by Gasteiger charge is 2.29. The Kier molecular flexibility index (Phi) is 5.27. The van der Waals surface area contributed by atoms with Gasteiger partial charge in [-0.25, -0.2) is 0 Å². The van der Waals surface area contributed by atoms with Gasteiger partial charge in [0.05, 0.1) is 6.61 Å². The van der Waals surface area contributed by atoms with Crippen molar-refractivity contribution in [2.45, 2.75) is 19.3 Å². The molecule has 0 bridgehead atoms. The number of hydrogen-bond donors (Lipinski definition) is 0. The van der Waals surface area contributed by atoms with Gasteiger partial charge in [0.1, 0.15) is 5.92 Å². The predicted molar refractivity (Wildman–Crippen MR) is 81.0 cm³/mol. The lowest BCUT2D eigenvalue weighted by atomic mass is 9.91. The summed E-state index contributed by atoms with van der Waals surface area (Å²) < 4.78 is 5.06. The zero-order chi connectivity index (χ0) is 15.1. The third-order valence-corrected chi connectivity index (χ3v) is 3.20. The minimum Gasteiger partial charge on any atom is -0.465 e. The zero-order valence-corrected chi connectivity index (χ0v) is 12.0. The summed E-state index contributed by atoms with van der Waals surface area (Å²) in [6.45, 7) is 2.00. The second-order valence-electron chi connectivity index (χ2n) is 4.72. The van der Waals surface area contributed by atoms with E-state index in [1.165, 1.54) is 0 Å². The lowest BCUT2D eigenvalue weighted by molar-refractivity contribution is -0.147. The van der Waals surface area contributed by atoms with Crippen molar-refractivity contribution in [2.24, 2.45) is 0 Å². The summed E-state index contributed by atoms with van der Waals surface area (Å²) in [5, 5.41) is 0. The minimum atomic E-state index is -0.855. The topological polar surface area (TPSA) is 43.4 Å². The van der Waals surface area contributed by atoms with Crippen LogP contribution in [-0.4, -0.2) is 18.4 Å². The Morgan fingerprint density at radius 3 is 2.10 bits per heavy atom. The van der Waals surface area contributed by atoms with Gasteiger partial charge in [-0.3, -0.25) is 9.59 Å². The SMILES string of the molecule is CCOC(=O)[C@H](C(=O)Cc1ccccc1)c1ccccc1. The molecule has 0 aromatic heterocycles. The van der Waals surface area contributed by atoms with E-state index in [4.69, 9.17) is 4.74 Å². The number of esters is 1. The lowest BCUT2D eigenvalue weighted by Crippen LogP contribution is -2.25. The molecule has 108 valence electrons. The molecule has 0 aliphatic rings. The van der Waals surface area contributed by atoms with Crippen LogP contribution in [0, 0.1) is 0 Å². The smallest absolute Gasteiger partial charge is 0.321 e. The number of carbonyl (C=O) groups excluding carboxylic acids is 2. The fraction of sp³-hybridized carbons (Fsp3) is 0.222. The van der Waals surface area contributed by atoms with Crippen molar-refractivity contribution >= 4 is 11.8 Å². The zero-order valence-electron chi connectivity index (χ0n) is 12.0. The molecule has 0 aliphatic carbocycles. The van der Waals surface area contributed by atoms with Crippen LogP contribution in [-0.2, 0) is 20.7 Å². The van der Waals surface area contributed by atoms with Gasteiger partial charge >= 0.3 is 5.97 Å². The molecular weight excluding hydrogens is 264 g/mol.